The molecule has 0 saturated heterocycles. The third-order valence-corrected chi connectivity index (χ3v) is 2.22. The number of rotatable bonds is 5. The van der Waals surface area contributed by atoms with Crippen LogP contribution in [-0.2, 0) is 9.47 Å². The SMILES string of the molecule is COCC(C)Nc1ccc(NC(=O)OC(C)(C)C)nc1. The number of aromatic nitrogens is 1. The van der Waals surface area contributed by atoms with Gasteiger partial charge < -0.3 is 14.8 Å². The van der Waals surface area contributed by atoms with Crippen LogP contribution in [0.5, 0.6) is 0 Å². The fourth-order valence-electron chi connectivity index (χ4n) is 1.54. The summed E-state index contributed by atoms with van der Waals surface area (Å²) in [5.74, 6) is 0.448. The number of nitrogens with zero attached hydrogens (tertiary/aromatic N) is 1. The molecule has 1 rings (SSSR count). The Balaban J connectivity index is 2.52. The van der Waals surface area contributed by atoms with E-state index in [0.29, 0.717) is 12.4 Å². The molecule has 0 saturated carbocycles. The molecule has 0 bridgehead atoms. The van der Waals surface area contributed by atoms with Gasteiger partial charge in [0, 0.05) is 13.2 Å². The third kappa shape index (κ3) is 6.38. The first-order valence-corrected chi connectivity index (χ1v) is 6.51. The lowest BCUT2D eigenvalue weighted by atomic mass is 10.2. The number of pyridine rings is 1. The minimum absolute atomic E-state index is 0.187. The first kappa shape index (κ1) is 16.2. The first-order chi connectivity index (χ1) is 9.30. The molecule has 6 nitrogen and oxygen atoms in total. The first-order valence-electron chi connectivity index (χ1n) is 6.51. The number of anilines is 2. The maximum absolute atomic E-state index is 11.6. The molecule has 0 aliphatic carbocycles. The molecule has 0 radical (unpaired) electrons. The van der Waals surface area contributed by atoms with Crippen LogP contribution < -0.4 is 10.6 Å². The zero-order valence-electron chi connectivity index (χ0n) is 12.7. The van der Waals surface area contributed by atoms with Crippen molar-refractivity contribution in [3.63, 3.8) is 0 Å². The molecule has 1 atom stereocenters. The quantitative estimate of drug-likeness (QED) is 0.868. The molecule has 1 aromatic heterocycles. The summed E-state index contributed by atoms with van der Waals surface area (Å²) < 4.78 is 10.2. The fraction of sp³-hybridized carbons (Fsp3) is 0.571. The fourth-order valence-corrected chi connectivity index (χ4v) is 1.54. The lowest BCUT2D eigenvalue weighted by Gasteiger charge is -2.19. The van der Waals surface area contributed by atoms with Gasteiger partial charge in [-0.1, -0.05) is 0 Å². The van der Waals surface area contributed by atoms with Crippen LogP contribution in [-0.4, -0.2) is 36.4 Å². The predicted octanol–water partition coefficient (Wildman–Crippen LogP) is 2.88. The van der Waals surface area contributed by atoms with Crippen LogP contribution in [0.3, 0.4) is 0 Å². The molecule has 0 fully saturated rings. The Morgan fingerprint density at radius 1 is 1.40 bits per heavy atom. The summed E-state index contributed by atoms with van der Waals surface area (Å²) in [6, 6.07) is 3.74. The van der Waals surface area contributed by atoms with Crippen LogP contribution in [0, 0.1) is 0 Å². The van der Waals surface area contributed by atoms with E-state index >= 15 is 0 Å². The number of hydrogen-bond donors (Lipinski definition) is 2. The lowest BCUT2D eigenvalue weighted by Crippen LogP contribution is -2.27. The van der Waals surface area contributed by atoms with Gasteiger partial charge in [0.25, 0.3) is 0 Å². The predicted molar refractivity (Wildman–Crippen MR) is 79.1 cm³/mol. The summed E-state index contributed by atoms with van der Waals surface area (Å²) in [5.41, 5.74) is 0.338. The van der Waals surface area contributed by atoms with E-state index in [2.05, 4.69) is 15.6 Å². The zero-order valence-corrected chi connectivity index (χ0v) is 12.7. The molecule has 0 spiro atoms. The molecular formula is C14H23N3O3. The van der Waals surface area contributed by atoms with Crippen molar-refractivity contribution in [1.82, 2.24) is 4.98 Å². The van der Waals surface area contributed by atoms with Crippen LogP contribution >= 0.6 is 0 Å². The smallest absolute Gasteiger partial charge is 0.413 e. The van der Waals surface area contributed by atoms with E-state index < -0.39 is 11.7 Å². The van der Waals surface area contributed by atoms with Gasteiger partial charge in [0.1, 0.15) is 11.4 Å². The van der Waals surface area contributed by atoms with Crippen molar-refractivity contribution in [2.45, 2.75) is 39.3 Å². The van der Waals surface area contributed by atoms with Crippen LogP contribution in [0.4, 0.5) is 16.3 Å². The molecule has 0 aliphatic heterocycles. The normalized spacial score (nSPS) is 12.7. The average Bonchev–Trinajstić information content (AvgIpc) is 2.29. The highest BCUT2D eigenvalue weighted by Gasteiger charge is 2.16. The highest BCUT2D eigenvalue weighted by molar-refractivity contribution is 5.83. The van der Waals surface area contributed by atoms with E-state index in [0.717, 1.165) is 5.69 Å². The molecule has 1 unspecified atom stereocenters. The second-order valence-corrected chi connectivity index (χ2v) is 5.56. The van der Waals surface area contributed by atoms with Gasteiger partial charge in [-0.3, -0.25) is 5.32 Å². The van der Waals surface area contributed by atoms with Crippen LogP contribution in [0.2, 0.25) is 0 Å². The highest BCUT2D eigenvalue weighted by Crippen LogP contribution is 2.13. The van der Waals surface area contributed by atoms with E-state index in [9.17, 15) is 4.79 Å². The summed E-state index contributed by atoms with van der Waals surface area (Å²) in [6.45, 7) is 8.05. The molecule has 2 N–H and O–H groups in total. The van der Waals surface area contributed by atoms with E-state index in [-0.39, 0.29) is 6.04 Å². The number of ether oxygens (including phenoxy) is 2. The highest BCUT2D eigenvalue weighted by atomic mass is 16.6. The average molecular weight is 281 g/mol. The van der Waals surface area contributed by atoms with Crippen molar-refractivity contribution in [1.29, 1.82) is 0 Å². The number of amides is 1. The van der Waals surface area contributed by atoms with Crippen molar-refractivity contribution in [3.8, 4) is 0 Å². The molecule has 1 heterocycles. The van der Waals surface area contributed by atoms with Gasteiger partial charge >= 0.3 is 6.09 Å². The minimum atomic E-state index is -0.527. The largest absolute Gasteiger partial charge is 0.444 e. The minimum Gasteiger partial charge on any atom is -0.444 e. The van der Waals surface area contributed by atoms with Gasteiger partial charge in [-0.15, -0.1) is 0 Å². The Morgan fingerprint density at radius 2 is 2.10 bits per heavy atom. The second-order valence-electron chi connectivity index (χ2n) is 5.56. The van der Waals surface area contributed by atoms with E-state index in [1.54, 1.807) is 19.4 Å². The number of methoxy groups -OCH3 is 1. The Labute approximate surface area is 119 Å². The van der Waals surface area contributed by atoms with Gasteiger partial charge in [0.15, 0.2) is 0 Å². The third-order valence-electron chi connectivity index (χ3n) is 2.22. The molecule has 20 heavy (non-hydrogen) atoms. The van der Waals surface area contributed by atoms with E-state index in [4.69, 9.17) is 9.47 Å². The summed E-state index contributed by atoms with van der Waals surface area (Å²) in [4.78, 5) is 15.7. The summed E-state index contributed by atoms with van der Waals surface area (Å²) in [7, 11) is 1.66. The molecule has 1 amide bonds. The van der Waals surface area contributed by atoms with Gasteiger partial charge in [-0.05, 0) is 39.8 Å². The molecule has 6 heteroatoms. The maximum atomic E-state index is 11.6. The Morgan fingerprint density at radius 3 is 2.60 bits per heavy atom. The monoisotopic (exact) mass is 281 g/mol. The number of carbonyl (C=O) groups is 1. The van der Waals surface area contributed by atoms with Crippen molar-refractivity contribution >= 4 is 17.6 Å². The summed E-state index contributed by atoms with van der Waals surface area (Å²) in [5, 5.41) is 5.81. The van der Waals surface area contributed by atoms with E-state index in [1.807, 2.05) is 33.8 Å². The van der Waals surface area contributed by atoms with Crippen molar-refractivity contribution in [2.24, 2.45) is 0 Å². The lowest BCUT2D eigenvalue weighted by molar-refractivity contribution is 0.0635. The molecule has 112 valence electrons. The standard InChI is InChI=1S/C14H23N3O3/c1-10(9-19-5)16-11-6-7-12(15-8-11)17-13(18)20-14(2,3)4/h6-8,10,16H,9H2,1-5H3,(H,15,17,18). The molecule has 1 aromatic rings. The van der Waals surface area contributed by atoms with Crippen LogP contribution in [0.1, 0.15) is 27.7 Å². The zero-order chi connectivity index (χ0) is 15.2. The van der Waals surface area contributed by atoms with Gasteiger partial charge in [-0.2, -0.15) is 0 Å². The van der Waals surface area contributed by atoms with Crippen LogP contribution in [0.25, 0.3) is 0 Å². The molecule has 0 aromatic carbocycles. The summed E-state index contributed by atoms with van der Waals surface area (Å²) >= 11 is 0. The number of nitrogens with one attached hydrogen (secondary N) is 2. The molecule has 0 aliphatic rings. The van der Waals surface area contributed by atoms with Crippen molar-refractivity contribution in [3.05, 3.63) is 18.3 Å². The van der Waals surface area contributed by atoms with Crippen LogP contribution in [0.15, 0.2) is 18.3 Å². The van der Waals surface area contributed by atoms with Crippen molar-refractivity contribution in [2.75, 3.05) is 24.4 Å². The second kappa shape index (κ2) is 7.09. The maximum Gasteiger partial charge on any atom is 0.413 e. The van der Waals surface area contributed by atoms with Gasteiger partial charge in [0.2, 0.25) is 0 Å². The Kier molecular flexibility index (Phi) is 5.76. The van der Waals surface area contributed by atoms with Crippen molar-refractivity contribution < 1.29 is 14.3 Å². The Bertz CT molecular complexity index is 426. The van der Waals surface area contributed by atoms with Gasteiger partial charge in [0.05, 0.1) is 18.5 Å². The van der Waals surface area contributed by atoms with Gasteiger partial charge in [-0.25, -0.2) is 9.78 Å². The Hall–Kier alpha value is -1.82. The van der Waals surface area contributed by atoms with E-state index in [1.165, 1.54) is 0 Å². The summed E-state index contributed by atoms with van der Waals surface area (Å²) in [6.07, 6.45) is 1.14. The number of hydrogen-bond acceptors (Lipinski definition) is 5. The number of carbonyl (C=O) groups excluding carboxylic acids is 1. The topological polar surface area (TPSA) is 72.5 Å². The molecular weight excluding hydrogens is 258 g/mol.